The van der Waals surface area contributed by atoms with E-state index in [2.05, 4.69) is 31.5 Å². The first kappa shape index (κ1) is 22.8. The molecule has 0 spiro atoms. The molecule has 176 valence electrons. The first-order valence-corrected chi connectivity index (χ1v) is 11.9. The quantitative estimate of drug-likeness (QED) is 0.292. The molecule has 4 aromatic rings. The van der Waals surface area contributed by atoms with E-state index in [-0.39, 0.29) is 22.4 Å². The fourth-order valence-electron chi connectivity index (χ4n) is 3.57. The number of sulfonamides is 1. The molecule has 0 saturated carbocycles. The van der Waals surface area contributed by atoms with Crippen LogP contribution in [0.15, 0.2) is 53.7 Å². The fourth-order valence-corrected chi connectivity index (χ4v) is 4.90. The molecule has 35 heavy (non-hydrogen) atoms. The number of aromatic amines is 1. The lowest BCUT2D eigenvalue weighted by Gasteiger charge is -2.16. The number of halogens is 3. The van der Waals surface area contributed by atoms with Crippen LogP contribution in [0.4, 0.5) is 14.5 Å². The van der Waals surface area contributed by atoms with Gasteiger partial charge < -0.3 is 9.40 Å². The van der Waals surface area contributed by atoms with Crippen molar-refractivity contribution in [1.82, 2.24) is 15.0 Å². The summed E-state index contributed by atoms with van der Waals surface area (Å²) in [6.07, 6.45) is 6.83. The number of benzene rings is 1. The number of carbonyl (C=O) groups excluding carboxylic acids is 1. The van der Waals surface area contributed by atoms with E-state index in [4.69, 9.17) is 16.0 Å². The second-order valence-electron chi connectivity index (χ2n) is 7.49. The largest absolute Gasteiger partial charge is 0.443 e. The van der Waals surface area contributed by atoms with Gasteiger partial charge in [0.05, 0.1) is 28.0 Å². The number of nitrogens with one attached hydrogen (secondary N) is 2. The minimum atomic E-state index is -4.22. The Morgan fingerprint density at radius 3 is 2.83 bits per heavy atom. The monoisotopic (exact) mass is 514 g/mol. The van der Waals surface area contributed by atoms with E-state index in [9.17, 15) is 17.6 Å². The van der Waals surface area contributed by atoms with Gasteiger partial charge in [0.1, 0.15) is 16.7 Å². The zero-order chi connectivity index (χ0) is 24.7. The van der Waals surface area contributed by atoms with Crippen LogP contribution in [0.2, 0.25) is 5.02 Å². The number of hydrogen-bond acceptors (Lipinski definition) is 6. The molecule has 0 radical (unpaired) electrons. The molecule has 1 unspecified atom stereocenters. The van der Waals surface area contributed by atoms with Crippen molar-refractivity contribution in [1.29, 1.82) is 0 Å². The topological polar surface area (TPSA) is 118 Å². The first-order valence-electron chi connectivity index (χ1n) is 10.0. The lowest BCUT2D eigenvalue weighted by Crippen LogP contribution is -2.28. The number of ketones is 1. The molecule has 0 saturated heterocycles. The summed E-state index contributed by atoms with van der Waals surface area (Å²) >= 11 is 5.93. The molecule has 3 heterocycles. The second-order valence-corrected chi connectivity index (χ2v) is 9.79. The Kier molecular flexibility index (Phi) is 5.62. The van der Waals surface area contributed by atoms with Crippen LogP contribution in [0.1, 0.15) is 28.1 Å². The van der Waals surface area contributed by atoms with E-state index < -0.39 is 43.9 Å². The van der Waals surface area contributed by atoms with Crippen molar-refractivity contribution in [2.75, 3.05) is 4.72 Å². The van der Waals surface area contributed by atoms with E-state index >= 15 is 4.39 Å². The maximum atomic E-state index is 15.3. The number of allylic oxidation sites excluding steroid dienone is 2. The molecule has 0 aliphatic heterocycles. The number of hydrogen-bond donors (Lipinski definition) is 2. The van der Waals surface area contributed by atoms with Gasteiger partial charge in [-0.1, -0.05) is 29.5 Å². The molecule has 5 rings (SSSR count). The molecular weight excluding hydrogens is 502 g/mol. The number of fused-ring (bicyclic) bond motifs is 1. The highest BCUT2D eigenvalue weighted by Gasteiger charge is 2.29. The molecule has 1 aliphatic carbocycles. The highest BCUT2D eigenvalue weighted by atomic mass is 35.5. The third-order valence-electron chi connectivity index (χ3n) is 5.29. The molecule has 2 N–H and O–H groups in total. The Labute approximate surface area is 202 Å². The Bertz CT molecular complexity index is 1690. The van der Waals surface area contributed by atoms with Crippen LogP contribution in [-0.4, -0.2) is 34.4 Å². The zero-order valence-electron chi connectivity index (χ0n) is 17.5. The van der Waals surface area contributed by atoms with E-state index in [1.165, 1.54) is 31.1 Å². The van der Waals surface area contributed by atoms with Gasteiger partial charge in [-0.3, -0.25) is 9.52 Å². The summed E-state index contributed by atoms with van der Waals surface area (Å²) in [6.45, 7) is 0. The number of aromatic nitrogens is 3. The van der Waals surface area contributed by atoms with Crippen molar-refractivity contribution in [2.24, 2.45) is 0 Å². The molecule has 0 bridgehead atoms. The van der Waals surface area contributed by atoms with Gasteiger partial charge in [-0.2, -0.15) is 0 Å². The molecule has 1 atom stereocenters. The van der Waals surface area contributed by atoms with E-state index in [0.29, 0.717) is 17.0 Å². The summed E-state index contributed by atoms with van der Waals surface area (Å²) in [5.74, 6) is 2.15. The second kappa shape index (κ2) is 8.65. The van der Waals surface area contributed by atoms with Crippen LogP contribution in [0, 0.1) is 23.5 Å². The Morgan fingerprint density at radius 2 is 2.11 bits per heavy atom. The molecule has 0 fully saturated rings. The Hall–Kier alpha value is -4.01. The molecule has 3 aromatic heterocycles. The predicted octanol–water partition coefficient (Wildman–Crippen LogP) is 4.31. The summed E-state index contributed by atoms with van der Waals surface area (Å²) in [7, 11) is -4.22. The van der Waals surface area contributed by atoms with Crippen molar-refractivity contribution >= 4 is 49.7 Å². The number of oxazole rings is 1. The third kappa shape index (κ3) is 4.18. The molecule has 1 aromatic carbocycles. The molecule has 1 aliphatic rings. The minimum absolute atomic E-state index is 0.00390. The number of rotatable bonds is 6. The van der Waals surface area contributed by atoms with Crippen molar-refractivity contribution in [3.05, 3.63) is 82.8 Å². The van der Waals surface area contributed by atoms with Gasteiger partial charge in [0.25, 0.3) is 0 Å². The first-order chi connectivity index (χ1) is 16.7. The Balaban J connectivity index is 1.45. The maximum Gasteiger partial charge on any atom is 0.247 e. The van der Waals surface area contributed by atoms with E-state index in [1.54, 1.807) is 6.08 Å². The number of pyridine rings is 1. The summed E-state index contributed by atoms with van der Waals surface area (Å²) in [5.41, 5.74) is -0.811. The molecule has 0 amide bonds. The highest BCUT2D eigenvalue weighted by Crippen LogP contribution is 2.29. The van der Waals surface area contributed by atoms with E-state index in [1.807, 2.05) is 0 Å². The summed E-state index contributed by atoms with van der Waals surface area (Å²) in [4.78, 5) is 23.6. The highest BCUT2D eigenvalue weighted by molar-refractivity contribution is 7.93. The summed E-state index contributed by atoms with van der Waals surface area (Å²) < 4.78 is 62.8. The predicted molar refractivity (Wildman–Crippen MR) is 124 cm³/mol. The van der Waals surface area contributed by atoms with Gasteiger partial charge in [-0.25, -0.2) is 27.2 Å². The van der Waals surface area contributed by atoms with Crippen molar-refractivity contribution < 1.29 is 26.4 Å². The normalized spacial score (nSPS) is 15.4. The van der Waals surface area contributed by atoms with Gasteiger partial charge in [-0.05, 0) is 24.6 Å². The van der Waals surface area contributed by atoms with Crippen LogP contribution in [0.3, 0.4) is 0 Å². The SMILES string of the molecule is O=C(c1c(F)ccc(NS(=O)(=O)C2C#CC(c3cnco3)=CC2)c1F)c1c[nH]c2ncc(Cl)cc12. The van der Waals surface area contributed by atoms with Crippen LogP contribution < -0.4 is 4.72 Å². The fraction of sp³-hybridized carbons (Fsp3) is 0.0870. The minimum Gasteiger partial charge on any atom is -0.443 e. The van der Waals surface area contributed by atoms with Gasteiger partial charge in [0.15, 0.2) is 18.0 Å². The van der Waals surface area contributed by atoms with Crippen molar-refractivity contribution in [2.45, 2.75) is 11.7 Å². The van der Waals surface area contributed by atoms with Crippen LogP contribution in [-0.2, 0) is 10.0 Å². The number of nitrogens with zero attached hydrogens (tertiary/aromatic N) is 2. The third-order valence-corrected chi connectivity index (χ3v) is 7.06. The Morgan fingerprint density at radius 1 is 1.29 bits per heavy atom. The number of anilines is 1. The average molecular weight is 515 g/mol. The molecule has 12 heteroatoms. The van der Waals surface area contributed by atoms with Crippen LogP contribution >= 0.6 is 11.6 Å². The lowest BCUT2D eigenvalue weighted by atomic mass is 10.0. The van der Waals surface area contributed by atoms with E-state index in [0.717, 1.165) is 12.1 Å². The molecular formula is C23H13ClF2N4O4S. The van der Waals surface area contributed by atoms with Gasteiger partial charge in [0.2, 0.25) is 15.8 Å². The standard InChI is InChI=1S/C23H13ClF2N4O4S/c24-13-7-15-16(9-29-23(15)28-8-13)22(31)20-17(25)5-6-18(21(20)26)30-35(32,33)14-3-1-12(2-4-14)19-10-27-11-34-19/h1,5-11,14,30H,3H2,(H,28,29). The number of carbonyl (C=O) groups is 1. The molecule has 8 nitrogen and oxygen atoms in total. The zero-order valence-corrected chi connectivity index (χ0v) is 19.0. The van der Waals surface area contributed by atoms with Gasteiger partial charge in [0, 0.05) is 23.3 Å². The lowest BCUT2D eigenvalue weighted by molar-refractivity contribution is 0.103. The van der Waals surface area contributed by atoms with Crippen molar-refractivity contribution in [3.63, 3.8) is 0 Å². The number of H-pyrrole nitrogens is 1. The smallest absolute Gasteiger partial charge is 0.247 e. The average Bonchev–Trinajstić information content (AvgIpc) is 3.51. The van der Waals surface area contributed by atoms with Gasteiger partial charge in [-0.15, -0.1) is 0 Å². The van der Waals surface area contributed by atoms with Gasteiger partial charge >= 0.3 is 0 Å². The summed E-state index contributed by atoms with van der Waals surface area (Å²) in [6, 6.07) is 3.14. The summed E-state index contributed by atoms with van der Waals surface area (Å²) in [5, 5.41) is -0.721. The van der Waals surface area contributed by atoms with Crippen molar-refractivity contribution in [3.8, 4) is 11.8 Å². The maximum absolute atomic E-state index is 15.3. The van der Waals surface area contributed by atoms with Crippen LogP contribution in [0.25, 0.3) is 16.6 Å². The van der Waals surface area contributed by atoms with Crippen LogP contribution in [0.5, 0.6) is 0 Å².